The van der Waals surface area contributed by atoms with Gasteiger partial charge in [0.05, 0.1) is 29.7 Å². The van der Waals surface area contributed by atoms with Crippen LogP contribution >= 0.6 is 11.8 Å². The van der Waals surface area contributed by atoms with E-state index in [-0.39, 0.29) is 40.4 Å². The Bertz CT molecular complexity index is 961. The standard InChI is InChI=1S/C17H19N3O6S2/c21-15(18-7-12-8-24-13-3-1-2-4-14(13)25-12)9-27-17-20-19-16(26-17)11-5-6-28(22,23)10-11/h1-4,11-12H,5-10H2,(H,18,21)/t11-,12+/m1/s1. The molecule has 1 amide bonds. The lowest BCUT2D eigenvalue weighted by Crippen LogP contribution is -2.41. The number of sulfone groups is 1. The van der Waals surface area contributed by atoms with Gasteiger partial charge in [-0.05, 0) is 18.6 Å². The Labute approximate surface area is 166 Å². The van der Waals surface area contributed by atoms with E-state index in [1.54, 1.807) is 0 Å². The molecule has 2 aliphatic rings. The second-order valence-electron chi connectivity index (χ2n) is 6.60. The van der Waals surface area contributed by atoms with E-state index in [0.717, 1.165) is 11.8 Å². The molecule has 1 fully saturated rings. The minimum atomic E-state index is -3.02. The molecule has 2 atom stereocenters. The highest BCUT2D eigenvalue weighted by atomic mass is 32.2. The van der Waals surface area contributed by atoms with Crippen LogP contribution in [0.3, 0.4) is 0 Å². The first-order chi connectivity index (χ1) is 13.5. The van der Waals surface area contributed by atoms with E-state index in [9.17, 15) is 13.2 Å². The summed E-state index contributed by atoms with van der Waals surface area (Å²) in [4.78, 5) is 12.1. The molecule has 9 nitrogen and oxygen atoms in total. The quantitative estimate of drug-likeness (QED) is 0.676. The summed E-state index contributed by atoms with van der Waals surface area (Å²) in [6.07, 6.45) is 0.227. The van der Waals surface area contributed by atoms with Gasteiger partial charge in [-0.1, -0.05) is 23.9 Å². The topological polar surface area (TPSA) is 121 Å². The number of thioether (sulfide) groups is 1. The molecule has 1 N–H and O–H groups in total. The molecular weight excluding hydrogens is 406 g/mol. The van der Waals surface area contributed by atoms with Crippen molar-refractivity contribution in [2.75, 3.05) is 30.4 Å². The van der Waals surface area contributed by atoms with Crippen molar-refractivity contribution in [1.29, 1.82) is 0 Å². The van der Waals surface area contributed by atoms with E-state index in [1.165, 1.54) is 0 Å². The molecule has 1 saturated heterocycles. The minimum absolute atomic E-state index is 0.0341. The number of carbonyl (C=O) groups excluding carboxylic acids is 1. The Morgan fingerprint density at radius 2 is 2.07 bits per heavy atom. The Morgan fingerprint density at radius 1 is 1.25 bits per heavy atom. The molecule has 1 aromatic heterocycles. The molecule has 0 unspecified atom stereocenters. The monoisotopic (exact) mass is 425 g/mol. The first kappa shape index (κ1) is 19.1. The molecule has 0 spiro atoms. The van der Waals surface area contributed by atoms with Crippen LogP contribution in [0.1, 0.15) is 18.2 Å². The van der Waals surface area contributed by atoms with Gasteiger partial charge in [0.15, 0.2) is 21.3 Å². The maximum Gasteiger partial charge on any atom is 0.277 e. The number of benzene rings is 1. The van der Waals surface area contributed by atoms with Crippen molar-refractivity contribution in [3.05, 3.63) is 30.2 Å². The number of para-hydroxylation sites is 2. The fraction of sp³-hybridized carbons (Fsp3) is 0.471. The molecule has 150 valence electrons. The highest BCUT2D eigenvalue weighted by molar-refractivity contribution is 7.99. The summed E-state index contributed by atoms with van der Waals surface area (Å²) in [6.45, 7) is 0.685. The molecule has 0 radical (unpaired) electrons. The van der Waals surface area contributed by atoms with E-state index in [0.29, 0.717) is 37.0 Å². The summed E-state index contributed by atoms with van der Waals surface area (Å²) in [5.41, 5.74) is 0. The van der Waals surface area contributed by atoms with Crippen LogP contribution in [0.2, 0.25) is 0 Å². The van der Waals surface area contributed by atoms with Crippen LogP contribution in [-0.4, -0.2) is 61.0 Å². The van der Waals surface area contributed by atoms with Crippen LogP contribution in [0.25, 0.3) is 0 Å². The van der Waals surface area contributed by atoms with Gasteiger partial charge in [-0.3, -0.25) is 4.79 Å². The normalized spacial score (nSPS) is 22.7. The third kappa shape index (κ3) is 4.58. The Hall–Kier alpha value is -2.27. The van der Waals surface area contributed by atoms with E-state index >= 15 is 0 Å². The van der Waals surface area contributed by atoms with Crippen LogP contribution in [0.15, 0.2) is 33.9 Å². The summed E-state index contributed by atoms with van der Waals surface area (Å²) >= 11 is 1.11. The van der Waals surface area contributed by atoms with Crippen LogP contribution in [-0.2, 0) is 14.6 Å². The molecule has 2 aromatic rings. The number of ether oxygens (including phenoxy) is 2. The number of hydrogen-bond donors (Lipinski definition) is 1. The number of amides is 1. The summed E-state index contributed by atoms with van der Waals surface area (Å²) in [5, 5.41) is 10.8. The van der Waals surface area contributed by atoms with Gasteiger partial charge >= 0.3 is 0 Å². The van der Waals surface area contributed by atoms with E-state index < -0.39 is 9.84 Å². The van der Waals surface area contributed by atoms with Gasteiger partial charge < -0.3 is 19.2 Å². The molecule has 4 rings (SSSR count). The van der Waals surface area contributed by atoms with Crippen molar-refractivity contribution >= 4 is 27.5 Å². The Morgan fingerprint density at radius 3 is 2.86 bits per heavy atom. The molecule has 28 heavy (non-hydrogen) atoms. The first-order valence-corrected chi connectivity index (χ1v) is 11.6. The largest absolute Gasteiger partial charge is 0.486 e. The van der Waals surface area contributed by atoms with Crippen molar-refractivity contribution in [2.45, 2.75) is 23.7 Å². The van der Waals surface area contributed by atoms with Crippen LogP contribution < -0.4 is 14.8 Å². The molecule has 2 aliphatic heterocycles. The van der Waals surface area contributed by atoms with Crippen molar-refractivity contribution < 1.29 is 27.1 Å². The third-order valence-corrected chi connectivity index (χ3v) is 7.01. The number of carbonyl (C=O) groups is 1. The van der Waals surface area contributed by atoms with E-state index in [1.807, 2.05) is 24.3 Å². The molecule has 11 heteroatoms. The Balaban J connectivity index is 1.21. The SMILES string of the molecule is O=C(CSc1nnc([C@@H]2CCS(=O)(=O)C2)o1)NC[C@H]1COc2ccccc2O1. The van der Waals surface area contributed by atoms with Gasteiger partial charge in [-0.2, -0.15) is 0 Å². The van der Waals surface area contributed by atoms with Gasteiger partial charge in [0.25, 0.3) is 5.22 Å². The summed E-state index contributed by atoms with van der Waals surface area (Å²) in [7, 11) is -3.02. The second-order valence-corrected chi connectivity index (χ2v) is 9.75. The molecular formula is C17H19N3O6S2. The predicted octanol–water partition coefficient (Wildman–Crippen LogP) is 1.02. The average Bonchev–Trinajstić information content (AvgIpc) is 3.30. The van der Waals surface area contributed by atoms with Crippen LogP contribution in [0.4, 0.5) is 0 Å². The highest BCUT2D eigenvalue weighted by Gasteiger charge is 2.32. The molecule has 1 aromatic carbocycles. The Kier molecular flexibility index (Phi) is 5.44. The highest BCUT2D eigenvalue weighted by Crippen LogP contribution is 2.31. The number of nitrogens with zero attached hydrogens (tertiary/aromatic N) is 2. The zero-order valence-electron chi connectivity index (χ0n) is 14.9. The van der Waals surface area contributed by atoms with E-state index in [4.69, 9.17) is 13.9 Å². The second kappa shape index (κ2) is 8.00. The number of nitrogens with one attached hydrogen (secondary N) is 1. The zero-order valence-corrected chi connectivity index (χ0v) is 16.5. The lowest BCUT2D eigenvalue weighted by atomic mass is 10.1. The van der Waals surface area contributed by atoms with Gasteiger partial charge in [0.2, 0.25) is 11.8 Å². The minimum Gasteiger partial charge on any atom is -0.486 e. The molecule has 3 heterocycles. The third-order valence-electron chi connectivity index (χ3n) is 4.42. The predicted molar refractivity (Wildman–Crippen MR) is 100 cm³/mol. The van der Waals surface area contributed by atoms with Crippen molar-refractivity contribution in [1.82, 2.24) is 15.5 Å². The summed E-state index contributed by atoms with van der Waals surface area (Å²) in [6, 6.07) is 7.39. The van der Waals surface area contributed by atoms with Crippen molar-refractivity contribution in [3.63, 3.8) is 0 Å². The number of fused-ring (bicyclic) bond motifs is 1. The lowest BCUT2D eigenvalue weighted by molar-refractivity contribution is -0.119. The van der Waals surface area contributed by atoms with Crippen LogP contribution in [0.5, 0.6) is 11.5 Å². The fourth-order valence-electron chi connectivity index (χ4n) is 3.00. The molecule has 0 saturated carbocycles. The number of aromatic nitrogens is 2. The smallest absolute Gasteiger partial charge is 0.277 e. The lowest BCUT2D eigenvalue weighted by Gasteiger charge is -2.26. The maximum absolute atomic E-state index is 12.1. The molecule has 0 bridgehead atoms. The number of hydrogen-bond acceptors (Lipinski definition) is 9. The molecule has 0 aliphatic carbocycles. The maximum atomic E-state index is 12.1. The average molecular weight is 425 g/mol. The number of rotatable bonds is 6. The van der Waals surface area contributed by atoms with E-state index in [2.05, 4.69) is 15.5 Å². The zero-order chi connectivity index (χ0) is 19.6. The van der Waals surface area contributed by atoms with Gasteiger partial charge in [-0.25, -0.2) is 8.42 Å². The first-order valence-electron chi connectivity index (χ1n) is 8.80. The fourth-order valence-corrected chi connectivity index (χ4v) is 5.34. The van der Waals surface area contributed by atoms with Crippen molar-refractivity contribution in [2.24, 2.45) is 0 Å². The summed E-state index contributed by atoms with van der Waals surface area (Å²) < 4.78 is 40.0. The van der Waals surface area contributed by atoms with Crippen molar-refractivity contribution in [3.8, 4) is 11.5 Å². The van der Waals surface area contributed by atoms with Gasteiger partial charge in [0, 0.05) is 0 Å². The van der Waals surface area contributed by atoms with Crippen LogP contribution in [0, 0.1) is 0 Å². The van der Waals surface area contributed by atoms with Gasteiger partial charge in [-0.15, -0.1) is 10.2 Å². The summed E-state index contributed by atoms with van der Waals surface area (Å²) in [5.74, 6) is 1.50. The van der Waals surface area contributed by atoms with Gasteiger partial charge in [0.1, 0.15) is 12.7 Å².